The third-order valence-electron chi connectivity index (χ3n) is 2.13. The van der Waals surface area contributed by atoms with Gasteiger partial charge in [0.15, 0.2) is 5.96 Å². The largest absolute Gasteiger partial charge is 0.490 e. The van der Waals surface area contributed by atoms with Gasteiger partial charge in [0.2, 0.25) is 0 Å². The first-order valence-electron chi connectivity index (χ1n) is 6.00. The molecule has 0 saturated heterocycles. The number of hydrogen-bond acceptors (Lipinski definition) is 2. The second kappa shape index (κ2) is 10.1. The molecule has 0 spiro atoms. The summed E-state index contributed by atoms with van der Waals surface area (Å²) in [7, 11) is 0. The standard InChI is InChI=1S/C13H20ClN3O.HI/c1-10(2)9-17-13(15)16-7-8-18-12-6-4-3-5-11(12)14;/h3-6,10H,7-9H2,1-2H3,(H3,15,16,17);1H. The molecule has 0 amide bonds. The minimum Gasteiger partial charge on any atom is -0.490 e. The highest BCUT2D eigenvalue weighted by atomic mass is 127. The van der Waals surface area contributed by atoms with Crippen LogP contribution < -0.4 is 15.8 Å². The maximum atomic E-state index is 5.96. The molecular weight excluding hydrogens is 377 g/mol. The van der Waals surface area contributed by atoms with Crippen LogP contribution in [0, 0.1) is 5.92 Å². The number of halogens is 2. The van der Waals surface area contributed by atoms with Crippen LogP contribution in [-0.2, 0) is 0 Å². The highest BCUT2D eigenvalue weighted by molar-refractivity contribution is 14.0. The van der Waals surface area contributed by atoms with E-state index in [9.17, 15) is 0 Å². The van der Waals surface area contributed by atoms with Crippen LogP contribution in [0.2, 0.25) is 5.02 Å². The lowest BCUT2D eigenvalue weighted by molar-refractivity contribution is 0.322. The zero-order valence-corrected chi connectivity index (χ0v) is 14.3. The first-order valence-corrected chi connectivity index (χ1v) is 6.38. The van der Waals surface area contributed by atoms with Crippen LogP contribution in [0.1, 0.15) is 13.8 Å². The summed E-state index contributed by atoms with van der Waals surface area (Å²) in [6.45, 7) is 6.00. The Labute approximate surface area is 136 Å². The van der Waals surface area contributed by atoms with Crippen molar-refractivity contribution in [3.63, 3.8) is 0 Å². The minimum atomic E-state index is 0. The van der Waals surface area contributed by atoms with Crippen LogP contribution in [0.15, 0.2) is 29.3 Å². The molecule has 0 aromatic heterocycles. The third kappa shape index (κ3) is 8.15. The van der Waals surface area contributed by atoms with Crippen molar-refractivity contribution in [2.75, 3.05) is 19.7 Å². The van der Waals surface area contributed by atoms with Gasteiger partial charge in [-0.2, -0.15) is 0 Å². The van der Waals surface area contributed by atoms with E-state index in [1.165, 1.54) is 0 Å². The van der Waals surface area contributed by atoms with Gasteiger partial charge in [0.25, 0.3) is 0 Å². The smallest absolute Gasteiger partial charge is 0.188 e. The van der Waals surface area contributed by atoms with Gasteiger partial charge >= 0.3 is 0 Å². The summed E-state index contributed by atoms with van der Waals surface area (Å²) in [5.74, 6) is 1.63. The third-order valence-corrected chi connectivity index (χ3v) is 2.44. The lowest BCUT2D eigenvalue weighted by Gasteiger charge is -2.09. The van der Waals surface area contributed by atoms with Gasteiger partial charge in [-0.25, -0.2) is 0 Å². The van der Waals surface area contributed by atoms with Crippen molar-refractivity contribution in [2.45, 2.75) is 13.8 Å². The number of nitrogens with two attached hydrogens (primary N) is 1. The molecule has 3 N–H and O–H groups in total. The molecule has 1 aromatic carbocycles. The fourth-order valence-electron chi connectivity index (χ4n) is 1.24. The maximum Gasteiger partial charge on any atom is 0.188 e. The average molecular weight is 398 g/mol. The molecule has 1 aromatic rings. The average Bonchev–Trinajstić information content (AvgIpc) is 2.34. The zero-order chi connectivity index (χ0) is 13.4. The monoisotopic (exact) mass is 397 g/mol. The molecule has 1 rings (SSSR count). The van der Waals surface area contributed by atoms with E-state index in [1.54, 1.807) is 6.07 Å². The molecule has 0 fully saturated rings. The fraction of sp³-hybridized carbons (Fsp3) is 0.462. The van der Waals surface area contributed by atoms with Gasteiger partial charge in [-0.1, -0.05) is 37.6 Å². The second-order valence-electron chi connectivity index (χ2n) is 4.33. The SMILES string of the molecule is CC(C)CN=C(N)NCCOc1ccccc1Cl.I. The van der Waals surface area contributed by atoms with Crippen LogP contribution >= 0.6 is 35.6 Å². The van der Waals surface area contributed by atoms with Crippen molar-refractivity contribution in [1.82, 2.24) is 5.32 Å². The molecule has 0 unspecified atom stereocenters. The predicted molar refractivity (Wildman–Crippen MR) is 91.7 cm³/mol. The topological polar surface area (TPSA) is 59.6 Å². The molecular formula is C13H21ClIN3O. The molecule has 0 aliphatic heterocycles. The van der Waals surface area contributed by atoms with Crippen molar-refractivity contribution in [3.8, 4) is 5.75 Å². The summed E-state index contributed by atoms with van der Waals surface area (Å²) in [5.41, 5.74) is 5.69. The van der Waals surface area contributed by atoms with Crippen molar-refractivity contribution in [1.29, 1.82) is 0 Å². The Morgan fingerprint density at radius 2 is 2.11 bits per heavy atom. The minimum absolute atomic E-state index is 0. The molecule has 0 bridgehead atoms. The van der Waals surface area contributed by atoms with E-state index >= 15 is 0 Å². The first-order chi connectivity index (χ1) is 8.59. The van der Waals surface area contributed by atoms with Crippen molar-refractivity contribution < 1.29 is 4.74 Å². The second-order valence-corrected chi connectivity index (χ2v) is 4.73. The number of nitrogens with zero attached hydrogens (tertiary/aromatic N) is 1. The summed E-state index contributed by atoms with van der Waals surface area (Å²) in [4.78, 5) is 4.19. The number of guanidine groups is 1. The van der Waals surface area contributed by atoms with Crippen LogP contribution in [0.25, 0.3) is 0 Å². The number of rotatable bonds is 6. The number of hydrogen-bond donors (Lipinski definition) is 2. The van der Waals surface area contributed by atoms with Crippen molar-refractivity contribution >= 4 is 41.5 Å². The van der Waals surface area contributed by atoms with Gasteiger partial charge in [0.05, 0.1) is 11.6 Å². The highest BCUT2D eigenvalue weighted by Crippen LogP contribution is 2.22. The molecule has 0 aliphatic carbocycles. The Bertz CT molecular complexity index is 399. The molecule has 0 saturated carbocycles. The van der Waals surface area contributed by atoms with E-state index in [4.69, 9.17) is 22.1 Å². The highest BCUT2D eigenvalue weighted by Gasteiger charge is 1.99. The summed E-state index contributed by atoms with van der Waals surface area (Å²) < 4.78 is 5.51. The first kappa shape index (κ1) is 18.3. The number of benzene rings is 1. The predicted octanol–water partition coefficient (Wildman–Crippen LogP) is 2.90. The van der Waals surface area contributed by atoms with Crippen molar-refractivity contribution in [3.05, 3.63) is 29.3 Å². The van der Waals surface area contributed by atoms with Gasteiger partial charge < -0.3 is 15.8 Å². The molecule has 0 radical (unpaired) electrons. The Kier molecular flexibility index (Phi) is 9.77. The lowest BCUT2D eigenvalue weighted by Crippen LogP contribution is -2.35. The number of aliphatic imine (C=N–C) groups is 1. The molecule has 0 atom stereocenters. The van der Waals surface area contributed by atoms with Crippen LogP contribution in [0.4, 0.5) is 0 Å². The van der Waals surface area contributed by atoms with E-state index in [0.717, 1.165) is 6.54 Å². The van der Waals surface area contributed by atoms with Crippen LogP contribution in [0.5, 0.6) is 5.75 Å². The zero-order valence-electron chi connectivity index (χ0n) is 11.2. The van der Waals surface area contributed by atoms with E-state index < -0.39 is 0 Å². The van der Waals surface area contributed by atoms with E-state index in [-0.39, 0.29) is 24.0 Å². The quantitative estimate of drug-likeness (QED) is 0.336. The van der Waals surface area contributed by atoms with Gasteiger partial charge in [-0.3, -0.25) is 4.99 Å². The summed E-state index contributed by atoms with van der Waals surface area (Å²) in [6, 6.07) is 7.37. The number of para-hydroxylation sites is 1. The molecule has 4 nitrogen and oxygen atoms in total. The van der Waals surface area contributed by atoms with Crippen LogP contribution in [-0.4, -0.2) is 25.7 Å². The Balaban J connectivity index is 0.00000324. The summed E-state index contributed by atoms with van der Waals surface area (Å²) in [5, 5.41) is 3.60. The maximum absolute atomic E-state index is 5.96. The Hall–Kier alpha value is -0.690. The number of ether oxygens (including phenoxy) is 1. The van der Waals surface area contributed by atoms with Gasteiger partial charge in [0.1, 0.15) is 12.4 Å². The van der Waals surface area contributed by atoms with Crippen LogP contribution in [0.3, 0.4) is 0 Å². The Morgan fingerprint density at radius 1 is 1.42 bits per heavy atom. The lowest BCUT2D eigenvalue weighted by atomic mass is 10.2. The molecule has 19 heavy (non-hydrogen) atoms. The normalized spacial score (nSPS) is 11.1. The molecule has 0 heterocycles. The van der Waals surface area contributed by atoms with Crippen molar-refractivity contribution in [2.24, 2.45) is 16.6 Å². The molecule has 108 valence electrons. The Morgan fingerprint density at radius 3 is 2.74 bits per heavy atom. The van der Waals surface area contributed by atoms with E-state index in [2.05, 4.69) is 24.2 Å². The van der Waals surface area contributed by atoms with Gasteiger partial charge in [-0.15, -0.1) is 24.0 Å². The fourth-order valence-corrected chi connectivity index (χ4v) is 1.43. The van der Waals surface area contributed by atoms with Gasteiger partial charge in [0, 0.05) is 6.54 Å². The van der Waals surface area contributed by atoms with Gasteiger partial charge in [-0.05, 0) is 18.1 Å². The summed E-state index contributed by atoms with van der Waals surface area (Å²) in [6.07, 6.45) is 0. The summed E-state index contributed by atoms with van der Waals surface area (Å²) >= 11 is 5.96. The molecule has 6 heteroatoms. The van der Waals surface area contributed by atoms with E-state index in [1.807, 2.05) is 18.2 Å². The van der Waals surface area contributed by atoms with E-state index in [0.29, 0.717) is 35.8 Å². The number of nitrogens with one attached hydrogen (secondary N) is 1. The molecule has 0 aliphatic rings.